The molecule has 1 rings (SSSR count). The van der Waals surface area contributed by atoms with Gasteiger partial charge >= 0.3 is 6.03 Å². The smallest absolute Gasteiger partial charge is 0.321 e. The zero-order chi connectivity index (χ0) is 11.6. The Labute approximate surface area is 93.1 Å². The molecule has 0 bridgehead atoms. The Kier molecular flexibility index (Phi) is 3.65. The summed E-state index contributed by atoms with van der Waals surface area (Å²) in [7, 11) is 0. The van der Waals surface area contributed by atoms with E-state index in [1.165, 1.54) is 16.2 Å². The summed E-state index contributed by atoms with van der Waals surface area (Å²) in [5.41, 5.74) is 11.8. The van der Waals surface area contributed by atoms with Crippen LogP contribution in [0.15, 0.2) is 0 Å². The number of primary amides is 1. The van der Waals surface area contributed by atoms with Crippen LogP contribution in [0.1, 0.15) is 17.5 Å². The predicted molar refractivity (Wildman–Crippen MR) is 62.2 cm³/mol. The standard InChI is InChI=1S/C9H16N4OS/c1-5(10)4-13(8(11)14)9-12-6(2)7(3)15-9/h5H,4,10H2,1-3H3,(H2,11,14). The molecule has 15 heavy (non-hydrogen) atoms. The Bertz CT molecular complexity index is 341. The second-order valence-electron chi connectivity index (χ2n) is 3.56. The fourth-order valence-corrected chi connectivity index (χ4v) is 2.05. The summed E-state index contributed by atoms with van der Waals surface area (Å²) in [6, 6.07) is -0.636. The number of hydrogen-bond acceptors (Lipinski definition) is 4. The van der Waals surface area contributed by atoms with Crippen molar-refractivity contribution in [2.45, 2.75) is 26.8 Å². The van der Waals surface area contributed by atoms with E-state index in [2.05, 4.69) is 4.98 Å². The predicted octanol–water partition coefficient (Wildman–Crippen LogP) is 0.992. The van der Waals surface area contributed by atoms with E-state index in [0.717, 1.165) is 10.6 Å². The van der Waals surface area contributed by atoms with Crippen LogP contribution in [0.5, 0.6) is 0 Å². The molecule has 0 aromatic carbocycles. The summed E-state index contributed by atoms with van der Waals surface area (Å²) >= 11 is 1.45. The molecule has 5 nitrogen and oxygen atoms in total. The lowest BCUT2D eigenvalue weighted by Crippen LogP contribution is -2.42. The van der Waals surface area contributed by atoms with Gasteiger partial charge in [-0.2, -0.15) is 0 Å². The lowest BCUT2D eigenvalue weighted by Gasteiger charge is -2.19. The van der Waals surface area contributed by atoms with Gasteiger partial charge in [0.2, 0.25) is 0 Å². The van der Waals surface area contributed by atoms with Gasteiger partial charge in [-0.05, 0) is 20.8 Å². The number of urea groups is 1. The number of nitrogens with zero attached hydrogens (tertiary/aromatic N) is 2. The number of aryl methyl sites for hydroxylation is 2. The third-order valence-corrected chi connectivity index (χ3v) is 3.08. The Morgan fingerprint density at radius 3 is 2.53 bits per heavy atom. The highest BCUT2D eigenvalue weighted by Crippen LogP contribution is 2.24. The molecule has 0 aliphatic heterocycles. The van der Waals surface area contributed by atoms with Crippen LogP contribution in [-0.4, -0.2) is 23.6 Å². The van der Waals surface area contributed by atoms with Gasteiger partial charge in [0.1, 0.15) is 0 Å². The van der Waals surface area contributed by atoms with Gasteiger partial charge in [0.25, 0.3) is 0 Å². The SMILES string of the molecule is Cc1nc(N(CC(C)N)C(N)=O)sc1C. The molecule has 1 atom stereocenters. The van der Waals surface area contributed by atoms with Crippen molar-refractivity contribution in [2.24, 2.45) is 11.5 Å². The van der Waals surface area contributed by atoms with Gasteiger partial charge in [-0.15, -0.1) is 11.3 Å². The van der Waals surface area contributed by atoms with Crippen LogP contribution in [0.2, 0.25) is 0 Å². The zero-order valence-electron chi connectivity index (χ0n) is 9.15. The van der Waals surface area contributed by atoms with Gasteiger partial charge in [0, 0.05) is 17.5 Å². The first-order chi connectivity index (χ1) is 6.91. The second-order valence-corrected chi connectivity index (χ2v) is 4.75. The number of nitrogens with two attached hydrogens (primary N) is 2. The van der Waals surface area contributed by atoms with Crippen LogP contribution < -0.4 is 16.4 Å². The van der Waals surface area contributed by atoms with E-state index < -0.39 is 6.03 Å². The van der Waals surface area contributed by atoms with Gasteiger partial charge in [0.15, 0.2) is 5.13 Å². The van der Waals surface area contributed by atoms with Crippen LogP contribution in [0.4, 0.5) is 9.93 Å². The fraction of sp³-hybridized carbons (Fsp3) is 0.556. The van der Waals surface area contributed by atoms with E-state index in [4.69, 9.17) is 11.5 Å². The van der Waals surface area contributed by atoms with Gasteiger partial charge in [0.05, 0.1) is 5.69 Å². The van der Waals surface area contributed by atoms with Crippen molar-refractivity contribution < 1.29 is 4.79 Å². The average molecular weight is 228 g/mol. The normalized spacial score (nSPS) is 12.5. The van der Waals surface area contributed by atoms with Crippen LogP contribution in [0.25, 0.3) is 0 Å². The molecular weight excluding hydrogens is 212 g/mol. The number of carbonyl (C=O) groups is 1. The topological polar surface area (TPSA) is 85.2 Å². The molecule has 1 heterocycles. The average Bonchev–Trinajstić information content (AvgIpc) is 2.42. The van der Waals surface area contributed by atoms with E-state index in [0.29, 0.717) is 11.7 Å². The highest BCUT2D eigenvalue weighted by molar-refractivity contribution is 7.15. The summed E-state index contributed by atoms with van der Waals surface area (Å²) in [4.78, 5) is 18.0. The molecule has 1 aromatic heterocycles. The van der Waals surface area contributed by atoms with Crippen LogP contribution in [-0.2, 0) is 0 Å². The largest absolute Gasteiger partial charge is 0.351 e. The van der Waals surface area contributed by atoms with Crippen LogP contribution in [0.3, 0.4) is 0 Å². The van der Waals surface area contributed by atoms with E-state index in [1.807, 2.05) is 20.8 Å². The van der Waals surface area contributed by atoms with E-state index in [1.54, 1.807) is 0 Å². The van der Waals surface area contributed by atoms with E-state index in [-0.39, 0.29) is 6.04 Å². The highest BCUT2D eigenvalue weighted by Gasteiger charge is 2.18. The number of hydrogen-bond donors (Lipinski definition) is 2. The van der Waals surface area contributed by atoms with E-state index in [9.17, 15) is 4.79 Å². The molecule has 0 aliphatic carbocycles. The minimum atomic E-state index is -0.513. The fourth-order valence-electron chi connectivity index (χ4n) is 1.12. The molecule has 0 fully saturated rings. The number of anilines is 1. The Morgan fingerprint density at radius 2 is 2.20 bits per heavy atom. The van der Waals surface area contributed by atoms with Crippen molar-refractivity contribution >= 4 is 22.5 Å². The van der Waals surface area contributed by atoms with Crippen molar-refractivity contribution in [1.29, 1.82) is 0 Å². The van der Waals surface area contributed by atoms with Gasteiger partial charge in [-0.25, -0.2) is 9.78 Å². The molecule has 4 N–H and O–H groups in total. The third-order valence-electron chi connectivity index (χ3n) is 1.98. The molecule has 2 amide bonds. The van der Waals surface area contributed by atoms with Crippen LogP contribution >= 0.6 is 11.3 Å². The number of amides is 2. The van der Waals surface area contributed by atoms with Crippen molar-refractivity contribution in [3.8, 4) is 0 Å². The number of aromatic nitrogens is 1. The first-order valence-corrected chi connectivity index (χ1v) is 5.50. The molecule has 1 aromatic rings. The summed E-state index contributed by atoms with van der Waals surface area (Å²) in [6.45, 7) is 6.08. The summed E-state index contributed by atoms with van der Waals surface area (Å²) in [6.07, 6.45) is 0. The summed E-state index contributed by atoms with van der Waals surface area (Å²) in [5.74, 6) is 0. The number of rotatable bonds is 3. The van der Waals surface area contributed by atoms with Crippen molar-refractivity contribution in [3.63, 3.8) is 0 Å². The molecule has 0 aliphatic rings. The van der Waals surface area contributed by atoms with Gasteiger partial charge < -0.3 is 11.5 Å². The molecular formula is C9H16N4OS. The van der Waals surface area contributed by atoms with Crippen molar-refractivity contribution in [2.75, 3.05) is 11.4 Å². The monoisotopic (exact) mass is 228 g/mol. The molecule has 0 spiro atoms. The second kappa shape index (κ2) is 4.59. The van der Waals surface area contributed by atoms with Gasteiger partial charge in [-0.3, -0.25) is 4.90 Å². The molecule has 84 valence electrons. The van der Waals surface area contributed by atoms with Crippen molar-refractivity contribution in [1.82, 2.24) is 4.98 Å². The minimum absolute atomic E-state index is 0.123. The summed E-state index contributed by atoms with van der Waals surface area (Å²) in [5, 5.41) is 0.620. The van der Waals surface area contributed by atoms with Gasteiger partial charge in [-0.1, -0.05) is 0 Å². The molecule has 0 radical (unpaired) electrons. The maximum Gasteiger partial charge on any atom is 0.321 e. The first kappa shape index (κ1) is 11.9. The molecule has 1 unspecified atom stereocenters. The number of thiazole rings is 1. The quantitative estimate of drug-likeness (QED) is 0.809. The van der Waals surface area contributed by atoms with Crippen LogP contribution in [0, 0.1) is 13.8 Å². The minimum Gasteiger partial charge on any atom is -0.351 e. The highest BCUT2D eigenvalue weighted by atomic mass is 32.1. The number of carbonyl (C=O) groups excluding carboxylic acids is 1. The Hall–Kier alpha value is -1.14. The lowest BCUT2D eigenvalue weighted by molar-refractivity contribution is 0.253. The maximum atomic E-state index is 11.2. The third kappa shape index (κ3) is 2.90. The molecule has 0 saturated carbocycles. The van der Waals surface area contributed by atoms with Crippen molar-refractivity contribution in [3.05, 3.63) is 10.6 Å². The van der Waals surface area contributed by atoms with E-state index >= 15 is 0 Å². The molecule has 6 heteroatoms. The zero-order valence-corrected chi connectivity index (χ0v) is 9.97. The Balaban J connectivity index is 2.94. The lowest BCUT2D eigenvalue weighted by atomic mass is 10.3. The first-order valence-electron chi connectivity index (χ1n) is 4.68. The molecule has 0 saturated heterocycles. The summed E-state index contributed by atoms with van der Waals surface area (Å²) < 4.78 is 0. The maximum absolute atomic E-state index is 11.2. The Morgan fingerprint density at radius 1 is 1.60 bits per heavy atom.